The molecule has 0 aromatic heterocycles. The molecule has 0 aliphatic heterocycles. The lowest BCUT2D eigenvalue weighted by molar-refractivity contribution is -0.155. The summed E-state index contributed by atoms with van der Waals surface area (Å²) in [4.78, 5) is 0. The summed E-state index contributed by atoms with van der Waals surface area (Å²) in [5, 5.41) is 12.0. The molecular weight excluding hydrogens is 456 g/mol. The summed E-state index contributed by atoms with van der Waals surface area (Å²) >= 11 is 0. The lowest BCUT2D eigenvalue weighted by Crippen LogP contribution is -2.57. The van der Waals surface area contributed by atoms with Gasteiger partial charge in [-0.25, -0.2) is 0 Å². The first-order valence-corrected chi connectivity index (χ1v) is 18.1. The minimum Gasteiger partial charge on any atom is -0.413 e. The molecule has 0 spiro atoms. The highest BCUT2D eigenvalue weighted by Gasteiger charge is 2.62. The molecule has 8 atom stereocenters. The summed E-state index contributed by atoms with van der Waals surface area (Å²) in [5.41, 5.74) is 1.68. The Balaban J connectivity index is 1.27. The monoisotopic (exact) mass is 510 g/mol. The van der Waals surface area contributed by atoms with Crippen LogP contribution in [-0.4, -0.2) is 25.1 Å². The van der Waals surface area contributed by atoms with Gasteiger partial charge in [0.15, 0.2) is 8.32 Å². The standard InChI is InChI=1S/C33H54O2Si/c1-30(2,3)36(6,7)35-29-16-15-27-26-14-13-25-23-33(34,20-17-24-11-9-8-10-12-24)22-21-31(25,4)28(26)18-19-32(27,29)5/h8-12,25-29,34H,13-23H2,1-7H3/t25?,26-,27-,28-,29-,31-,32-,33+/m0/s1. The van der Waals surface area contributed by atoms with Gasteiger partial charge in [0.05, 0.1) is 11.7 Å². The van der Waals surface area contributed by atoms with Gasteiger partial charge in [0, 0.05) is 0 Å². The Morgan fingerprint density at radius 2 is 1.58 bits per heavy atom. The lowest BCUT2D eigenvalue weighted by Gasteiger charge is -2.62. The van der Waals surface area contributed by atoms with Crippen LogP contribution in [0.5, 0.6) is 0 Å². The van der Waals surface area contributed by atoms with E-state index in [0.29, 0.717) is 22.9 Å². The van der Waals surface area contributed by atoms with Crippen molar-refractivity contribution in [1.82, 2.24) is 0 Å². The van der Waals surface area contributed by atoms with E-state index in [2.05, 4.69) is 78.0 Å². The van der Waals surface area contributed by atoms with E-state index in [4.69, 9.17) is 4.43 Å². The average molecular weight is 511 g/mol. The minimum atomic E-state index is -1.76. The van der Waals surface area contributed by atoms with Crippen LogP contribution in [-0.2, 0) is 10.8 Å². The van der Waals surface area contributed by atoms with Crippen molar-refractivity contribution in [3.63, 3.8) is 0 Å². The lowest BCUT2D eigenvalue weighted by atomic mass is 9.44. The molecule has 4 aliphatic carbocycles. The molecule has 0 bridgehead atoms. The van der Waals surface area contributed by atoms with E-state index in [0.717, 1.165) is 43.4 Å². The molecule has 1 unspecified atom stereocenters. The fourth-order valence-electron chi connectivity index (χ4n) is 9.25. The largest absolute Gasteiger partial charge is 0.413 e. The third-order valence-electron chi connectivity index (χ3n) is 12.7. The molecule has 3 heteroatoms. The first kappa shape index (κ1) is 26.9. The second-order valence-corrected chi connectivity index (χ2v) is 20.3. The van der Waals surface area contributed by atoms with Gasteiger partial charge < -0.3 is 9.53 Å². The highest BCUT2D eigenvalue weighted by Crippen LogP contribution is 2.67. The first-order chi connectivity index (χ1) is 16.8. The van der Waals surface area contributed by atoms with E-state index in [1.165, 1.54) is 50.5 Å². The second-order valence-electron chi connectivity index (χ2n) is 15.6. The topological polar surface area (TPSA) is 29.5 Å². The van der Waals surface area contributed by atoms with Crippen molar-refractivity contribution in [2.24, 2.45) is 34.5 Å². The smallest absolute Gasteiger partial charge is 0.192 e. The van der Waals surface area contributed by atoms with Gasteiger partial charge >= 0.3 is 0 Å². The van der Waals surface area contributed by atoms with E-state index in [-0.39, 0.29) is 5.04 Å². The van der Waals surface area contributed by atoms with Crippen molar-refractivity contribution in [2.45, 2.75) is 135 Å². The van der Waals surface area contributed by atoms with Gasteiger partial charge in [-0.3, -0.25) is 0 Å². The van der Waals surface area contributed by atoms with E-state index >= 15 is 0 Å². The number of fused-ring (bicyclic) bond motifs is 5. The third-order valence-corrected chi connectivity index (χ3v) is 17.2. The van der Waals surface area contributed by atoms with Crippen molar-refractivity contribution in [3.8, 4) is 0 Å². The third kappa shape index (κ3) is 4.58. The van der Waals surface area contributed by atoms with E-state index in [9.17, 15) is 5.11 Å². The molecule has 4 aliphatic rings. The normalized spacial score (nSPS) is 42.9. The van der Waals surface area contributed by atoms with Gasteiger partial charge in [-0.1, -0.05) is 65.0 Å². The van der Waals surface area contributed by atoms with Gasteiger partial charge in [0.25, 0.3) is 0 Å². The molecule has 1 aromatic carbocycles. The number of rotatable bonds is 5. The fraction of sp³-hybridized carbons (Fsp3) is 0.818. The van der Waals surface area contributed by atoms with Crippen LogP contribution in [0.3, 0.4) is 0 Å². The molecule has 2 nitrogen and oxygen atoms in total. The Hall–Kier alpha value is -0.643. The summed E-state index contributed by atoms with van der Waals surface area (Å²) < 4.78 is 7.14. The number of hydrogen-bond acceptors (Lipinski definition) is 2. The molecule has 0 saturated heterocycles. The van der Waals surface area contributed by atoms with Crippen molar-refractivity contribution < 1.29 is 9.53 Å². The van der Waals surface area contributed by atoms with Crippen LogP contribution in [0.1, 0.15) is 104 Å². The molecule has 1 aromatic rings. The molecule has 202 valence electrons. The summed E-state index contributed by atoms with van der Waals surface area (Å²) in [6, 6.07) is 10.8. The van der Waals surface area contributed by atoms with E-state index in [1.807, 2.05) is 0 Å². The zero-order valence-corrected chi connectivity index (χ0v) is 25.4. The molecule has 4 saturated carbocycles. The van der Waals surface area contributed by atoms with Crippen LogP contribution < -0.4 is 0 Å². The molecule has 4 fully saturated rings. The maximum absolute atomic E-state index is 11.7. The predicted octanol–water partition coefficient (Wildman–Crippen LogP) is 8.78. The zero-order valence-electron chi connectivity index (χ0n) is 24.4. The molecule has 0 heterocycles. The minimum absolute atomic E-state index is 0.281. The zero-order chi connectivity index (χ0) is 26.0. The molecule has 0 radical (unpaired) electrons. The average Bonchev–Trinajstić information content (AvgIpc) is 3.14. The number of hydrogen-bond donors (Lipinski definition) is 1. The Morgan fingerprint density at radius 1 is 0.889 bits per heavy atom. The maximum atomic E-state index is 11.7. The summed E-state index contributed by atoms with van der Waals surface area (Å²) in [6.07, 6.45) is 13.7. The van der Waals surface area contributed by atoms with Crippen LogP contribution in [0.15, 0.2) is 30.3 Å². The highest BCUT2D eigenvalue weighted by atomic mass is 28.4. The van der Waals surface area contributed by atoms with Crippen molar-refractivity contribution >= 4 is 8.32 Å². The van der Waals surface area contributed by atoms with Crippen LogP contribution in [0.2, 0.25) is 18.1 Å². The van der Waals surface area contributed by atoms with Crippen molar-refractivity contribution in [1.29, 1.82) is 0 Å². The maximum Gasteiger partial charge on any atom is 0.192 e. The first-order valence-electron chi connectivity index (χ1n) is 15.2. The Labute approximate surface area is 223 Å². The number of aryl methyl sites for hydroxylation is 1. The Bertz CT molecular complexity index is 921. The second kappa shape index (κ2) is 9.23. The van der Waals surface area contributed by atoms with Gasteiger partial charge in [-0.2, -0.15) is 0 Å². The van der Waals surface area contributed by atoms with Gasteiger partial charge in [0.2, 0.25) is 0 Å². The fourth-order valence-corrected chi connectivity index (χ4v) is 10.7. The SMILES string of the molecule is CC(C)(C)[Si](C)(C)O[C@H]1CC[C@H]2[C@@H]3CCC4C[C@@](O)(CCc5ccccc5)CC[C@]4(C)[C@H]3CC[C@]12C. The van der Waals surface area contributed by atoms with Gasteiger partial charge in [-0.05, 0) is 129 Å². The van der Waals surface area contributed by atoms with Crippen LogP contribution >= 0.6 is 0 Å². The number of benzene rings is 1. The van der Waals surface area contributed by atoms with Gasteiger partial charge in [-0.15, -0.1) is 0 Å². The molecular formula is C33H54O2Si. The van der Waals surface area contributed by atoms with Crippen LogP contribution in [0.25, 0.3) is 0 Å². The van der Waals surface area contributed by atoms with Gasteiger partial charge in [0.1, 0.15) is 0 Å². The van der Waals surface area contributed by atoms with Crippen molar-refractivity contribution in [2.75, 3.05) is 0 Å². The molecule has 5 rings (SSSR count). The van der Waals surface area contributed by atoms with E-state index < -0.39 is 13.9 Å². The predicted molar refractivity (Wildman–Crippen MR) is 154 cm³/mol. The highest BCUT2D eigenvalue weighted by molar-refractivity contribution is 6.74. The van der Waals surface area contributed by atoms with Crippen molar-refractivity contribution in [3.05, 3.63) is 35.9 Å². The van der Waals surface area contributed by atoms with Crippen LogP contribution in [0.4, 0.5) is 0 Å². The summed E-state index contributed by atoms with van der Waals surface area (Å²) in [7, 11) is -1.76. The van der Waals surface area contributed by atoms with Crippen LogP contribution in [0, 0.1) is 34.5 Å². The number of aliphatic hydroxyl groups is 1. The quantitative estimate of drug-likeness (QED) is 0.401. The summed E-state index contributed by atoms with van der Waals surface area (Å²) in [5.74, 6) is 3.24. The Kier molecular flexibility index (Phi) is 6.91. The Morgan fingerprint density at radius 3 is 2.28 bits per heavy atom. The molecule has 36 heavy (non-hydrogen) atoms. The molecule has 1 N–H and O–H groups in total. The molecule has 0 amide bonds. The summed E-state index contributed by atoms with van der Waals surface area (Å²) in [6.45, 7) is 17.3. The van der Waals surface area contributed by atoms with E-state index in [1.54, 1.807) is 0 Å².